The summed E-state index contributed by atoms with van der Waals surface area (Å²) in [6.07, 6.45) is 2.14. The molecule has 1 rings (SSSR count). The number of methoxy groups -OCH3 is 1. The quantitative estimate of drug-likeness (QED) is 0.624. The smallest absolute Gasteiger partial charge is 0.339 e. The molecule has 0 aliphatic carbocycles. The Kier molecular flexibility index (Phi) is 7.67. The highest BCUT2D eigenvalue weighted by Gasteiger charge is 2.26. The van der Waals surface area contributed by atoms with Crippen LogP contribution in [0.15, 0.2) is 0 Å². The molecule has 2 amide bonds. The number of aromatic amines is 1. The number of rotatable bonds is 8. The largest absolute Gasteiger partial charge is 0.465 e. The van der Waals surface area contributed by atoms with E-state index < -0.39 is 17.9 Å². The number of nitrogens with one attached hydrogen (secondary N) is 3. The van der Waals surface area contributed by atoms with Crippen LogP contribution in [0.5, 0.6) is 0 Å². The minimum absolute atomic E-state index is 0.0427. The molecule has 0 saturated heterocycles. The average molecular weight is 351 g/mol. The van der Waals surface area contributed by atoms with Gasteiger partial charge < -0.3 is 20.4 Å². The molecular formula is C18H29N3O4. The standard InChI is InChI=1S/C18H29N3O4/c1-7-9-13-14(18(24)25-6)11(4)20-15(13)17(23)21-12(5)16(22)19-10(3)8-2/h10,12,20H,7-9H2,1-6H3,(H,19,22)(H,21,23). The van der Waals surface area contributed by atoms with E-state index in [-0.39, 0.29) is 11.9 Å². The fourth-order valence-electron chi connectivity index (χ4n) is 2.55. The van der Waals surface area contributed by atoms with Crippen molar-refractivity contribution in [1.82, 2.24) is 15.6 Å². The van der Waals surface area contributed by atoms with Crippen LogP contribution < -0.4 is 10.6 Å². The van der Waals surface area contributed by atoms with E-state index in [1.807, 2.05) is 20.8 Å². The third-order valence-electron chi connectivity index (χ3n) is 4.15. The summed E-state index contributed by atoms with van der Waals surface area (Å²) in [4.78, 5) is 39.7. The molecule has 2 unspecified atom stereocenters. The van der Waals surface area contributed by atoms with Crippen molar-refractivity contribution in [2.24, 2.45) is 0 Å². The number of aromatic nitrogens is 1. The fourth-order valence-corrected chi connectivity index (χ4v) is 2.55. The van der Waals surface area contributed by atoms with Crippen molar-refractivity contribution in [3.63, 3.8) is 0 Å². The zero-order chi connectivity index (χ0) is 19.1. The second kappa shape index (κ2) is 9.25. The highest BCUT2D eigenvalue weighted by molar-refractivity contribution is 6.02. The van der Waals surface area contributed by atoms with Gasteiger partial charge in [-0.3, -0.25) is 9.59 Å². The molecular weight excluding hydrogens is 322 g/mol. The summed E-state index contributed by atoms with van der Waals surface area (Å²) in [7, 11) is 1.31. The molecule has 25 heavy (non-hydrogen) atoms. The van der Waals surface area contributed by atoms with Crippen molar-refractivity contribution >= 4 is 17.8 Å². The Morgan fingerprint density at radius 1 is 1.16 bits per heavy atom. The zero-order valence-electron chi connectivity index (χ0n) is 15.9. The Labute approximate surface area is 148 Å². The van der Waals surface area contributed by atoms with E-state index in [1.54, 1.807) is 13.8 Å². The Morgan fingerprint density at radius 3 is 2.32 bits per heavy atom. The molecule has 2 atom stereocenters. The third-order valence-corrected chi connectivity index (χ3v) is 4.15. The number of ether oxygens (including phenoxy) is 1. The lowest BCUT2D eigenvalue weighted by Gasteiger charge is -2.17. The Balaban J connectivity index is 3.01. The molecule has 140 valence electrons. The van der Waals surface area contributed by atoms with Crippen molar-refractivity contribution < 1.29 is 19.1 Å². The van der Waals surface area contributed by atoms with E-state index in [2.05, 4.69) is 15.6 Å². The van der Waals surface area contributed by atoms with Crippen LogP contribution >= 0.6 is 0 Å². The van der Waals surface area contributed by atoms with E-state index in [0.717, 1.165) is 12.8 Å². The Hall–Kier alpha value is -2.31. The van der Waals surface area contributed by atoms with Gasteiger partial charge in [0.05, 0.1) is 12.7 Å². The van der Waals surface area contributed by atoms with Crippen LogP contribution in [-0.4, -0.2) is 42.0 Å². The molecule has 1 aromatic heterocycles. The van der Waals surface area contributed by atoms with Gasteiger partial charge in [0, 0.05) is 11.7 Å². The van der Waals surface area contributed by atoms with Gasteiger partial charge in [-0.25, -0.2) is 4.79 Å². The van der Waals surface area contributed by atoms with Crippen LogP contribution in [0.2, 0.25) is 0 Å². The fraction of sp³-hybridized carbons (Fsp3) is 0.611. The Morgan fingerprint density at radius 2 is 1.80 bits per heavy atom. The van der Waals surface area contributed by atoms with Crippen molar-refractivity contribution in [3.05, 3.63) is 22.5 Å². The predicted octanol–water partition coefficient (Wildman–Crippen LogP) is 2.10. The molecule has 0 fully saturated rings. The first-order valence-electron chi connectivity index (χ1n) is 8.67. The van der Waals surface area contributed by atoms with Gasteiger partial charge in [0.25, 0.3) is 5.91 Å². The van der Waals surface area contributed by atoms with Crippen LogP contribution in [-0.2, 0) is 16.0 Å². The van der Waals surface area contributed by atoms with Crippen LogP contribution in [0.4, 0.5) is 0 Å². The third kappa shape index (κ3) is 5.08. The second-order valence-corrected chi connectivity index (χ2v) is 6.23. The molecule has 7 heteroatoms. The lowest BCUT2D eigenvalue weighted by Crippen LogP contribution is -2.47. The van der Waals surface area contributed by atoms with Crippen LogP contribution in [0.25, 0.3) is 0 Å². The summed E-state index contributed by atoms with van der Waals surface area (Å²) >= 11 is 0. The normalized spacial score (nSPS) is 13.0. The molecule has 0 bridgehead atoms. The van der Waals surface area contributed by atoms with Gasteiger partial charge in [-0.15, -0.1) is 0 Å². The van der Waals surface area contributed by atoms with Crippen LogP contribution in [0.1, 0.15) is 72.6 Å². The predicted molar refractivity (Wildman–Crippen MR) is 95.7 cm³/mol. The highest BCUT2D eigenvalue weighted by Crippen LogP contribution is 2.22. The molecule has 0 aliphatic heterocycles. The number of carbonyl (C=O) groups excluding carboxylic acids is 3. The van der Waals surface area contributed by atoms with E-state index in [9.17, 15) is 14.4 Å². The number of amides is 2. The molecule has 3 N–H and O–H groups in total. The number of carbonyl (C=O) groups is 3. The van der Waals surface area contributed by atoms with Crippen molar-refractivity contribution in [3.8, 4) is 0 Å². The topological polar surface area (TPSA) is 100 Å². The van der Waals surface area contributed by atoms with Gasteiger partial charge in [0.15, 0.2) is 0 Å². The highest BCUT2D eigenvalue weighted by atomic mass is 16.5. The van der Waals surface area contributed by atoms with E-state index in [4.69, 9.17) is 4.74 Å². The molecule has 1 aromatic rings. The lowest BCUT2D eigenvalue weighted by atomic mass is 10.0. The van der Waals surface area contributed by atoms with E-state index >= 15 is 0 Å². The molecule has 7 nitrogen and oxygen atoms in total. The van der Waals surface area contributed by atoms with Gasteiger partial charge in [0.1, 0.15) is 11.7 Å². The second-order valence-electron chi connectivity index (χ2n) is 6.23. The maximum absolute atomic E-state index is 12.6. The maximum Gasteiger partial charge on any atom is 0.339 e. The molecule has 0 saturated carbocycles. The van der Waals surface area contributed by atoms with Crippen molar-refractivity contribution in [2.75, 3.05) is 7.11 Å². The minimum atomic E-state index is -0.679. The van der Waals surface area contributed by atoms with Crippen LogP contribution in [0, 0.1) is 6.92 Å². The first-order valence-corrected chi connectivity index (χ1v) is 8.67. The first kappa shape index (κ1) is 20.7. The summed E-state index contributed by atoms with van der Waals surface area (Å²) in [5.74, 6) is -1.12. The number of hydrogen-bond donors (Lipinski definition) is 3. The number of hydrogen-bond acceptors (Lipinski definition) is 4. The summed E-state index contributed by atoms with van der Waals surface area (Å²) in [5.41, 5.74) is 1.91. The first-order chi connectivity index (χ1) is 11.8. The summed E-state index contributed by atoms with van der Waals surface area (Å²) in [5, 5.41) is 5.52. The zero-order valence-corrected chi connectivity index (χ0v) is 15.9. The molecule has 0 radical (unpaired) electrons. The monoisotopic (exact) mass is 351 g/mol. The lowest BCUT2D eigenvalue weighted by molar-refractivity contribution is -0.123. The molecule has 1 heterocycles. The Bertz CT molecular complexity index is 637. The van der Waals surface area contributed by atoms with Crippen molar-refractivity contribution in [1.29, 1.82) is 0 Å². The van der Waals surface area contributed by atoms with Gasteiger partial charge in [-0.05, 0) is 39.2 Å². The van der Waals surface area contributed by atoms with Gasteiger partial charge >= 0.3 is 5.97 Å². The summed E-state index contributed by atoms with van der Waals surface area (Å²) in [6, 6.07) is -0.637. The molecule has 0 spiro atoms. The van der Waals surface area contributed by atoms with Gasteiger partial charge in [-0.2, -0.15) is 0 Å². The molecule has 0 aliphatic rings. The molecule has 0 aromatic carbocycles. The summed E-state index contributed by atoms with van der Waals surface area (Å²) < 4.78 is 4.82. The van der Waals surface area contributed by atoms with Crippen molar-refractivity contribution in [2.45, 2.75) is 66.0 Å². The number of esters is 1. The van der Waals surface area contributed by atoms with E-state index in [0.29, 0.717) is 28.9 Å². The van der Waals surface area contributed by atoms with E-state index in [1.165, 1.54) is 7.11 Å². The maximum atomic E-state index is 12.6. The summed E-state index contributed by atoms with van der Waals surface area (Å²) in [6.45, 7) is 9.20. The minimum Gasteiger partial charge on any atom is -0.465 e. The van der Waals surface area contributed by atoms with Gasteiger partial charge in [-0.1, -0.05) is 20.3 Å². The van der Waals surface area contributed by atoms with Gasteiger partial charge in [0.2, 0.25) is 5.91 Å². The number of H-pyrrole nitrogens is 1. The average Bonchev–Trinajstić information content (AvgIpc) is 2.90. The number of aryl methyl sites for hydroxylation is 1. The SMILES string of the molecule is CCCc1c(C(=O)NC(C)C(=O)NC(C)CC)[nH]c(C)c1C(=O)OC. The van der Waals surface area contributed by atoms with Crippen LogP contribution in [0.3, 0.4) is 0 Å².